The Morgan fingerprint density at radius 2 is 2.22 bits per heavy atom. The summed E-state index contributed by atoms with van der Waals surface area (Å²) in [5.74, 6) is 0.540. The Morgan fingerprint density at radius 3 is 2.91 bits per heavy atom. The van der Waals surface area contributed by atoms with Crippen molar-refractivity contribution in [1.82, 2.24) is 20.1 Å². The summed E-state index contributed by atoms with van der Waals surface area (Å²) in [6.07, 6.45) is 5.95. The lowest BCUT2D eigenvalue weighted by Crippen LogP contribution is -2.47. The molecule has 3 heterocycles. The molecule has 23 heavy (non-hydrogen) atoms. The normalized spacial score (nSPS) is 24.7. The molecule has 126 valence electrons. The molecule has 0 radical (unpaired) electrons. The van der Waals surface area contributed by atoms with Crippen LogP contribution < -0.4 is 10.6 Å². The van der Waals surface area contributed by atoms with E-state index < -0.39 is 0 Å². The summed E-state index contributed by atoms with van der Waals surface area (Å²) in [4.78, 5) is 26.6. The molecule has 6 nitrogen and oxygen atoms in total. The summed E-state index contributed by atoms with van der Waals surface area (Å²) in [6, 6.07) is 3.72. The van der Waals surface area contributed by atoms with E-state index in [0.717, 1.165) is 51.0 Å². The molecule has 0 bridgehead atoms. The van der Waals surface area contributed by atoms with Gasteiger partial charge in [-0.3, -0.25) is 9.59 Å². The van der Waals surface area contributed by atoms with Gasteiger partial charge in [0.25, 0.3) is 5.91 Å². The highest BCUT2D eigenvalue weighted by molar-refractivity contribution is 5.92. The van der Waals surface area contributed by atoms with E-state index in [-0.39, 0.29) is 17.9 Å². The van der Waals surface area contributed by atoms with Gasteiger partial charge >= 0.3 is 0 Å². The summed E-state index contributed by atoms with van der Waals surface area (Å²) in [7, 11) is 1.89. The number of rotatable bonds is 4. The number of hydrogen-bond acceptors (Lipinski definition) is 3. The molecule has 0 saturated carbocycles. The largest absolute Gasteiger partial charge is 0.354 e. The van der Waals surface area contributed by atoms with Gasteiger partial charge < -0.3 is 20.1 Å². The van der Waals surface area contributed by atoms with Crippen molar-refractivity contribution < 1.29 is 9.59 Å². The third kappa shape index (κ3) is 3.75. The number of nitrogens with one attached hydrogen (secondary N) is 2. The van der Waals surface area contributed by atoms with E-state index in [1.165, 1.54) is 0 Å². The minimum Gasteiger partial charge on any atom is -0.354 e. The van der Waals surface area contributed by atoms with Crippen LogP contribution in [-0.2, 0) is 11.8 Å². The van der Waals surface area contributed by atoms with Crippen LogP contribution in [0.2, 0.25) is 0 Å². The molecule has 2 fully saturated rings. The van der Waals surface area contributed by atoms with Crippen molar-refractivity contribution >= 4 is 11.8 Å². The van der Waals surface area contributed by atoms with Crippen molar-refractivity contribution in [1.29, 1.82) is 0 Å². The van der Waals surface area contributed by atoms with Crippen LogP contribution in [0.1, 0.15) is 36.2 Å². The quantitative estimate of drug-likeness (QED) is 0.861. The molecule has 2 atom stereocenters. The van der Waals surface area contributed by atoms with Gasteiger partial charge in [-0.1, -0.05) is 0 Å². The highest BCUT2D eigenvalue weighted by Gasteiger charge is 2.27. The topological polar surface area (TPSA) is 66.4 Å². The lowest BCUT2D eigenvalue weighted by atomic mass is 9.97. The molecule has 2 aliphatic heterocycles. The van der Waals surface area contributed by atoms with E-state index in [1.54, 1.807) is 0 Å². The van der Waals surface area contributed by atoms with Crippen LogP contribution in [0.25, 0.3) is 0 Å². The number of aromatic nitrogens is 1. The molecular weight excluding hydrogens is 292 g/mol. The SMILES string of the molecule is Cn1cccc1C(=O)N1CCCC(CNC(=O)C2CCCN2)C1. The molecule has 1 aromatic rings. The predicted molar refractivity (Wildman–Crippen MR) is 88.1 cm³/mol. The minimum atomic E-state index is -0.0281. The van der Waals surface area contributed by atoms with E-state index in [2.05, 4.69) is 10.6 Å². The Labute approximate surface area is 137 Å². The molecule has 6 heteroatoms. The van der Waals surface area contributed by atoms with Gasteiger partial charge in [0.05, 0.1) is 6.04 Å². The Kier molecular flexibility index (Phi) is 5.00. The first-order chi connectivity index (χ1) is 11.1. The van der Waals surface area contributed by atoms with Crippen LogP contribution in [0.15, 0.2) is 18.3 Å². The summed E-state index contributed by atoms with van der Waals surface area (Å²) < 4.78 is 1.86. The maximum atomic E-state index is 12.6. The Morgan fingerprint density at radius 1 is 1.35 bits per heavy atom. The van der Waals surface area contributed by atoms with Crippen molar-refractivity contribution in [2.24, 2.45) is 13.0 Å². The molecule has 0 aliphatic carbocycles. The van der Waals surface area contributed by atoms with E-state index >= 15 is 0 Å². The number of nitrogens with zero attached hydrogens (tertiary/aromatic N) is 2. The van der Waals surface area contributed by atoms with E-state index in [0.29, 0.717) is 12.5 Å². The molecule has 3 rings (SSSR count). The maximum Gasteiger partial charge on any atom is 0.270 e. The lowest BCUT2D eigenvalue weighted by Gasteiger charge is -2.33. The molecule has 0 spiro atoms. The fourth-order valence-electron chi connectivity index (χ4n) is 3.54. The molecule has 2 amide bonds. The van der Waals surface area contributed by atoms with E-state index in [1.807, 2.05) is 34.8 Å². The van der Waals surface area contributed by atoms with Gasteiger partial charge in [-0.05, 0) is 50.3 Å². The molecule has 0 aromatic carbocycles. The van der Waals surface area contributed by atoms with Crippen LogP contribution in [0.5, 0.6) is 0 Å². The van der Waals surface area contributed by atoms with Crippen molar-refractivity contribution in [3.05, 3.63) is 24.0 Å². The summed E-state index contributed by atoms with van der Waals surface area (Å²) in [6.45, 7) is 3.12. The number of carbonyl (C=O) groups is 2. The van der Waals surface area contributed by atoms with Crippen LogP contribution in [-0.4, -0.2) is 53.5 Å². The lowest BCUT2D eigenvalue weighted by molar-refractivity contribution is -0.123. The molecule has 2 saturated heterocycles. The number of piperidine rings is 1. The highest BCUT2D eigenvalue weighted by atomic mass is 16.2. The highest BCUT2D eigenvalue weighted by Crippen LogP contribution is 2.18. The van der Waals surface area contributed by atoms with Gasteiger partial charge in [-0.25, -0.2) is 0 Å². The number of likely N-dealkylation sites (tertiary alicyclic amines) is 1. The second-order valence-electron chi connectivity index (χ2n) is 6.66. The minimum absolute atomic E-state index is 0.0281. The number of carbonyl (C=O) groups excluding carboxylic acids is 2. The van der Waals surface area contributed by atoms with Crippen LogP contribution in [0.4, 0.5) is 0 Å². The molecule has 1 aromatic heterocycles. The first-order valence-corrected chi connectivity index (χ1v) is 8.57. The summed E-state index contributed by atoms with van der Waals surface area (Å²) in [5.41, 5.74) is 0.727. The van der Waals surface area contributed by atoms with Crippen LogP contribution >= 0.6 is 0 Å². The molecule has 2 unspecified atom stereocenters. The van der Waals surface area contributed by atoms with Gasteiger partial charge in [0.2, 0.25) is 5.91 Å². The smallest absolute Gasteiger partial charge is 0.270 e. The van der Waals surface area contributed by atoms with Gasteiger partial charge in [-0.2, -0.15) is 0 Å². The first kappa shape index (κ1) is 16.1. The van der Waals surface area contributed by atoms with Crippen LogP contribution in [0, 0.1) is 5.92 Å². The van der Waals surface area contributed by atoms with E-state index in [4.69, 9.17) is 0 Å². The fraction of sp³-hybridized carbons (Fsp3) is 0.647. The number of aryl methyl sites for hydroxylation is 1. The predicted octanol–water partition coefficient (Wildman–Crippen LogP) is 0.746. The monoisotopic (exact) mass is 318 g/mol. The van der Waals surface area contributed by atoms with Gasteiger partial charge in [0.15, 0.2) is 0 Å². The van der Waals surface area contributed by atoms with Crippen molar-refractivity contribution in [3.63, 3.8) is 0 Å². The number of amides is 2. The van der Waals surface area contributed by atoms with Gasteiger partial charge in [-0.15, -0.1) is 0 Å². The third-order valence-corrected chi connectivity index (χ3v) is 4.91. The molecule has 2 N–H and O–H groups in total. The van der Waals surface area contributed by atoms with Crippen molar-refractivity contribution in [3.8, 4) is 0 Å². The average Bonchev–Trinajstić information content (AvgIpc) is 3.23. The molecule has 2 aliphatic rings. The second-order valence-corrected chi connectivity index (χ2v) is 6.66. The van der Waals surface area contributed by atoms with Gasteiger partial charge in [0.1, 0.15) is 5.69 Å². The standard InChI is InChI=1S/C17H26N4O2/c1-20-9-4-7-15(20)17(23)21-10-3-5-13(12-21)11-19-16(22)14-6-2-8-18-14/h4,7,9,13-14,18H,2-3,5-6,8,10-12H2,1H3,(H,19,22). The maximum absolute atomic E-state index is 12.6. The third-order valence-electron chi connectivity index (χ3n) is 4.91. The Hall–Kier alpha value is -1.82. The second kappa shape index (κ2) is 7.17. The molecular formula is C17H26N4O2. The first-order valence-electron chi connectivity index (χ1n) is 8.57. The summed E-state index contributed by atoms with van der Waals surface area (Å²) >= 11 is 0. The Balaban J connectivity index is 1.51. The Bertz CT molecular complexity index is 563. The summed E-state index contributed by atoms with van der Waals surface area (Å²) in [5, 5.41) is 6.27. The fourth-order valence-corrected chi connectivity index (χ4v) is 3.54. The zero-order chi connectivity index (χ0) is 16.2. The van der Waals surface area contributed by atoms with Crippen LogP contribution in [0.3, 0.4) is 0 Å². The number of hydrogen-bond donors (Lipinski definition) is 2. The van der Waals surface area contributed by atoms with Crippen molar-refractivity contribution in [2.45, 2.75) is 31.7 Å². The zero-order valence-corrected chi connectivity index (χ0v) is 13.8. The van der Waals surface area contributed by atoms with Crippen molar-refractivity contribution in [2.75, 3.05) is 26.2 Å². The average molecular weight is 318 g/mol. The van der Waals surface area contributed by atoms with E-state index in [9.17, 15) is 9.59 Å². The van der Waals surface area contributed by atoms with Gasteiger partial charge in [0, 0.05) is 32.9 Å². The zero-order valence-electron chi connectivity index (χ0n) is 13.8.